The van der Waals surface area contributed by atoms with Crippen LogP contribution in [-0.4, -0.2) is 85.5 Å². The van der Waals surface area contributed by atoms with Crippen LogP contribution in [0.1, 0.15) is 86.7 Å². The van der Waals surface area contributed by atoms with Gasteiger partial charge in [-0.3, -0.25) is 14.5 Å². The zero-order chi connectivity index (χ0) is 24.6. The van der Waals surface area contributed by atoms with Gasteiger partial charge in [0.2, 0.25) is 17.7 Å². The van der Waals surface area contributed by atoms with Crippen LogP contribution in [0.5, 0.6) is 0 Å². The maximum Gasteiger partial charge on any atom is 0.289 e. The van der Waals surface area contributed by atoms with Gasteiger partial charge in [-0.1, -0.05) is 13.8 Å². The van der Waals surface area contributed by atoms with E-state index in [0.717, 1.165) is 51.7 Å². The lowest BCUT2D eigenvalue weighted by Gasteiger charge is -2.39. The van der Waals surface area contributed by atoms with Crippen molar-refractivity contribution in [2.75, 3.05) is 39.3 Å². The minimum absolute atomic E-state index is 0.0162. The maximum absolute atomic E-state index is 13.2. The fourth-order valence-corrected chi connectivity index (χ4v) is 5.85. The lowest BCUT2D eigenvalue weighted by molar-refractivity contribution is -0.133. The molecule has 0 N–H and O–H groups in total. The Kier molecular flexibility index (Phi) is 6.65. The van der Waals surface area contributed by atoms with Gasteiger partial charge in [0.05, 0.1) is 12.6 Å². The number of likely N-dealkylation sites (tertiary alicyclic amines) is 3. The van der Waals surface area contributed by atoms with Gasteiger partial charge in [0, 0.05) is 58.1 Å². The van der Waals surface area contributed by atoms with Crippen LogP contribution in [0, 0.1) is 5.41 Å². The van der Waals surface area contributed by atoms with Gasteiger partial charge in [-0.15, -0.1) is 10.2 Å². The molecule has 5 heterocycles. The molecule has 0 radical (unpaired) electrons. The van der Waals surface area contributed by atoms with Crippen molar-refractivity contribution in [3.05, 3.63) is 30.0 Å². The summed E-state index contributed by atoms with van der Waals surface area (Å²) in [6.07, 6.45) is 9.47. The van der Waals surface area contributed by atoms with Crippen LogP contribution in [0.4, 0.5) is 0 Å². The Hall–Kier alpha value is -2.75. The molecule has 1 spiro atoms. The largest absolute Gasteiger partial charge is 0.423 e. The number of aryl methyl sites for hydroxylation is 1. The summed E-state index contributed by atoms with van der Waals surface area (Å²) in [4.78, 5) is 36.5. The molecule has 35 heavy (non-hydrogen) atoms. The molecular weight excluding hydrogens is 446 g/mol. The lowest BCUT2D eigenvalue weighted by Crippen LogP contribution is -2.46. The minimum Gasteiger partial charge on any atom is -0.423 e. The third-order valence-corrected chi connectivity index (χ3v) is 8.01. The van der Waals surface area contributed by atoms with Crippen molar-refractivity contribution in [2.24, 2.45) is 12.5 Å². The highest BCUT2D eigenvalue weighted by Gasteiger charge is 2.49. The third kappa shape index (κ3) is 4.85. The van der Waals surface area contributed by atoms with Crippen molar-refractivity contribution < 1.29 is 14.0 Å². The van der Waals surface area contributed by atoms with Crippen LogP contribution in [0.3, 0.4) is 0 Å². The Balaban J connectivity index is 1.31. The minimum atomic E-state index is -0.0690. The standard InChI is InChI=1S/C25H37N7O3/c1-18(2)22-27-28-23(35-22)19-15-25(17-32(19)16-20(33)30-10-5-4-6-11-30)7-12-31(13-8-25)24(34)21-26-9-14-29(21)3/h9,14,18-19H,4-8,10-13,15-17H2,1-3H3. The zero-order valence-corrected chi connectivity index (χ0v) is 21.1. The lowest BCUT2D eigenvalue weighted by atomic mass is 9.76. The van der Waals surface area contributed by atoms with Crippen LogP contribution in [0.25, 0.3) is 0 Å². The van der Waals surface area contributed by atoms with Gasteiger partial charge in [0.15, 0.2) is 5.82 Å². The van der Waals surface area contributed by atoms with E-state index in [9.17, 15) is 9.59 Å². The molecule has 3 aliphatic heterocycles. The molecule has 10 nitrogen and oxygen atoms in total. The SMILES string of the molecule is CC(C)c1nnc(C2CC3(CCN(C(=O)c4nccn4C)CC3)CN2CC(=O)N2CCCCC2)o1. The second kappa shape index (κ2) is 9.72. The van der Waals surface area contributed by atoms with Gasteiger partial charge in [-0.25, -0.2) is 4.98 Å². The number of hydrogen-bond acceptors (Lipinski definition) is 7. The van der Waals surface area contributed by atoms with E-state index in [1.807, 2.05) is 30.7 Å². The van der Waals surface area contributed by atoms with E-state index in [2.05, 4.69) is 20.1 Å². The van der Waals surface area contributed by atoms with Crippen molar-refractivity contribution in [3.63, 3.8) is 0 Å². The monoisotopic (exact) mass is 483 g/mol. The van der Waals surface area contributed by atoms with Gasteiger partial charge in [-0.2, -0.15) is 0 Å². The fraction of sp³-hybridized carbons (Fsp3) is 0.720. The molecule has 0 saturated carbocycles. The summed E-state index contributed by atoms with van der Waals surface area (Å²) in [6, 6.07) is -0.0690. The fourth-order valence-electron chi connectivity index (χ4n) is 5.85. The van der Waals surface area contributed by atoms with Crippen LogP contribution >= 0.6 is 0 Å². The van der Waals surface area contributed by atoms with Gasteiger partial charge in [-0.05, 0) is 43.9 Å². The molecule has 0 aromatic carbocycles. The first-order valence-electron chi connectivity index (χ1n) is 13.0. The smallest absolute Gasteiger partial charge is 0.289 e. The van der Waals surface area contributed by atoms with E-state index >= 15 is 0 Å². The van der Waals surface area contributed by atoms with E-state index in [4.69, 9.17) is 4.42 Å². The molecule has 0 bridgehead atoms. The number of imidazole rings is 1. The summed E-state index contributed by atoms with van der Waals surface area (Å²) in [7, 11) is 1.85. The summed E-state index contributed by atoms with van der Waals surface area (Å²) >= 11 is 0. The second-order valence-corrected chi connectivity index (χ2v) is 10.9. The quantitative estimate of drug-likeness (QED) is 0.644. The Morgan fingerprint density at radius 3 is 2.46 bits per heavy atom. The maximum atomic E-state index is 13.2. The zero-order valence-electron chi connectivity index (χ0n) is 21.1. The van der Waals surface area contributed by atoms with Crippen LogP contribution < -0.4 is 0 Å². The predicted octanol–water partition coefficient (Wildman–Crippen LogP) is 2.61. The molecule has 1 unspecified atom stereocenters. The van der Waals surface area contributed by atoms with Crippen LogP contribution in [0.2, 0.25) is 0 Å². The Bertz CT molecular complexity index is 1050. The molecule has 3 fully saturated rings. The highest BCUT2D eigenvalue weighted by Crippen LogP contribution is 2.49. The van der Waals surface area contributed by atoms with Gasteiger partial charge in [0.1, 0.15) is 0 Å². The number of rotatable bonds is 5. The number of hydrogen-bond donors (Lipinski definition) is 0. The molecule has 2 aromatic heterocycles. The van der Waals surface area contributed by atoms with Crippen LogP contribution in [-0.2, 0) is 11.8 Å². The topological polar surface area (TPSA) is 101 Å². The molecule has 0 aliphatic carbocycles. The number of aromatic nitrogens is 4. The molecule has 2 amide bonds. The van der Waals surface area contributed by atoms with Crippen molar-refractivity contribution in [1.29, 1.82) is 0 Å². The van der Waals surface area contributed by atoms with Crippen molar-refractivity contribution in [3.8, 4) is 0 Å². The van der Waals surface area contributed by atoms with E-state index in [0.29, 0.717) is 37.2 Å². The first-order chi connectivity index (χ1) is 16.8. The molecule has 190 valence electrons. The average Bonchev–Trinajstić information content (AvgIpc) is 3.59. The van der Waals surface area contributed by atoms with Crippen molar-refractivity contribution >= 4 is 11.8 Å². The summed E-state index contributed by atoms with van der Waals surface area (Å²) in [5.74, 6) is 2.07. The summed E-state index contributed by atoms with van der Waals surface area (Å²) < 4.78 is 7.85. The third-order valence-electron chi connectivity index (χ3n) is 8.01. The second-order valence-electron chi connectivity index (χ2n) is 10.9. The van der Waals surface area contributed by atoms with E-state index in [-0.39, 0.29) is 29.2 Å². The van der Waals surface area contributed by atoms with E-state index in [1.54, 1.807) is 17.0 Å². The molecule has 1 atom stereocenters. The Morgan fingerprint density at radius 1 is 1.09 bits per heavy atom. The number of amides is 2. The van der Waals surface area contributed by atoms with Crippen molar-refractivity contribution in [1.82, 2.24) is 34.4 Å². The molecule has 5 rings (SSSR count). The summed E-state index contributed by atoms with van der Waals surface area (Å²) in [5, 5.41) is 8.66. The normalized spacial score (nSPS) is 22.9. The number of piperidine rings is 2. The number of carbonyl (C=O) groups excluding carboxylic acids is 2. The van der Waals surface area contributed by atoms with Crippen LogP contribution in [0.15, 0.2) is 16.8 Å². The first-order valence-corrected chi connectivity index (χ1v) is 13.0. The van der Waals surface area contributed by atoms with Gasteiger partial charge in [0.25, 0.3) is 5.91 Å². The molecular formula is C25H37N7O3. The predicted molar refractivity (Wildman–Crippen MR) is 129 cm³/mol. The molecule has 2 aromatic rings. The van der Waals surface area contributed by atoms with E-state index in [1.165, 1.54) is 6.42 Å². The first kappa shape index (κ1) is 24.0. The summed E-state index contributed by atoms with van der Waals surface area (Å²) in [5.41, 5.74) is 0.0255. The highest BCUT2D eigenvalue weighted by molar-refractivity contribution is 5.90. The Morgan fingerprint density at radius 2 is 1.83 bits per heavy atom. The number of nitrogens with zero attached hydrogens (tertiary/aromatic N) is 7. The molecule has 3 aliphatic rings. The summed E-state index contributed by atoms with van der Waals surface area (Å²) in [6.45, 7) is 8.35. The van der Waals surface area contributed by atoms with Gasteiger partial charge >= 0.3 is 0 Å². The highest BCUT2D eigenvalue weighted by atomic mass is 16.4. The number of carbonyl (C=O) groups is 2. The van der Waals surface area contributed by atoms with Gasteiger partial charge < -0.3 is 18.8 Å². The Labute approximate surface area is 206 Å². The molecule has 10 heteroatoms. The van der Waals surface area contributed by atoms with Crippen molar-refractivity contribution in [2.45, 2.75) is 64.3 Å². The molecule has 3 saturated heterocycles. The van der Waals surface area contributed by atoms with E-state index < -0.39 is 0 Å². The average molecular weight is 484 g/mol.